The van der Waals surface area contributed by atoms with Crippen molar-refractivity contribution in [1.82, 2.24) is 9.88 Å². The number of aliphatic hydroxyl groups excluding tert-OH is 1. The maximum absolute atomic E-state index is 12.2. The number of carbonyl (C=O) groups is 1. The molecular weight excluding hydrogens is 230 g/mol. The van der Waals surface area contributed by atoms with Crippen LogP contribution in [0.3, 0.4) is 0 Å². The van der Waals surface area contributed by atoms with Crippen molar-refractivity contribution in [1.29, 1.82) is 5.26 Å². The average molecular weight is 245 g/mol. The second-order valence-electron chi connectivity index (χ2n) is 4.46. The molecule has 1 saturated heterocycles. The first-order chi connectivity index (χ1) is 8.61. The van der Waals surface area contributed by atoms with Crippen LogP contribution in [0.1, 0.15) is 34.6 Å². The number of nitriles is 1. The van der Waals surface area contributed by atoms with Crippen LogP contribution in [0.2, 0.25) is 0 Å². The van der Waals surface area contributed by atoms with Gasteiger partial charge in [0, 0.05) is 13.1 Å². The van der Waals surface area contributed by atoms with Gasteiger partial charge in [0.1, 0.15) is 11.8 Å². The SMILES string of the molecule is Cc1nc(C(=O)N2CCC(O)CC2)ccc1C#N. The van der Waals surface area contributed by atoms with Gasteiger partial charge in [-0.15, -0.1) is 0 Å². The molecule has 1 N–H and O–H groups in total. The normalized spacial score (nSPS) is 16.4. The zero-order chi connectivity index (χ0) is 13.1. The Morgan fingerprint density at radius 1 is 1.50 bits per heavy atom. The third-order valence-electron chi connectivity index (χ3n) is 3.18. The van der Waals surface area contributed by atoms with Gasteiger partial charge in [-0.25, -0.2) is 4.98 Å². The number of piperidine rings is 1. The minimum absolute atomic E-state index is 0.130. The van der Waals surface area contributed by atoms with Crippen molar-refractivity contribution in [2.75, 3.05) is 13.1 Å². The van der Waals surface area contributed by atoms with Crippen molar-refractivity contribution < 1.29 is 9.90 Å². The molecule has 0 aliphatic carbocycles. The Bertz CT molecular complexity index is 499. The Kier molecular flexibility index (Phi) is 3.58. The molecule has 0 atom stereocenters. The summed E-state index contributed by atoms with van der Waals surface area (Å²) >= 11 is 0. The summed E-state index contributed by atoms with van der Waals surface area (Å²) in [7, 11) is 0. The van der Waals surface area contributed by atoms with E-state index in [1.54, 1.807) is 24.0 Å². The number of aliphatic hydroxyl groups is 1. The molecule has 2 heterocycles. The zero-order valence-electron chi connectivity index (χ0n) is 10.3. The highest BCUT2D eigenvalue weighted by Gasteiger charge is 2.23. The van der Waals surface area contributed by atoms with E-state index >= 15 is 0 Å². The number of rotatable bonds is 1. The maximum Gasteiger partial charge on any atom is 0.272 e. The third kappa shape index (κ3) is 2.49. The second kappa shape index (κ2) is 5.15. The van der Waals surface area contributed by atoms with Crippen LogP contribution in [0.4, 0.5) is 0 Å². The van der Waals surface area contributed by atoms with Crippen LogP contribution < -0.4 is 0 Å². The Morgan fingerprint density at radius 2 is 2.17 bits per heavy atom. The van der Waals surface area contributed by atoms with E-state index in [2.05, 4.69) is 4.98 Å². The van der Waals surface area contributed by atoms with Crippen LogP contribution in [0.25, 0.3) is 0 Å². The standard InChI is InChI=1S/C13H15N3O2/c1-9-10(8-14)2-3-12(15-9)13(18)16-6-4-11(17)5-7-16/h2-3,11,17H,4-7H2,1H3. The molecule has 1 aliphatic rings. The van der Waals surface area contributed by atoms with E-state index < -0.39 is 0 Å². The summed E-state index contributed by atoms with van der Waals surface area (Å²) in [5, 5.41) is 18.2. The van der Waals surface area contributed by atoms with Crippen LogP contribution in [-0.2, 0) is 0 Å². The van der Waals surface area contributed by atoms with Gasteiger partial charge in [0.25, 0.3) is 5.91 Å². The molecule has 1 fully saturated rings. The average Bonchev–Trinajstić information content (AvgIpc) is 2.38. The van der Waals surface area contributed by atoms with Gasteiger partial charge >= 0.3 is 0 Å². The van der Waals surface area contributed by atoms with Crippen LogP contribution in [0.5, 0.6) is 0 Å². The fourth-order valence-corrected chi connectivity index (χ4v) is 2.03. The lowest BCUT2D eigenvalue weighted by Crippen LogP contribution is -2.40. The molecule has 1 aromatic heterocycles. The minimum atomic E-state index is -0.301. The number of aryl methyl sites for hydroxylation is 1. The number of hydrogen-bond donors (Lipinski definition) is 1. The second-order valence-corrected chi connectivity index (χ2v) is 4.46. The highest BCUT2D eigenvalue weighted by atomic mass is 16.3. The number of hydrogen-bond acceptors (Lipinski definition) is 4. The number of amides is 1. The van der Waals surface area contributed by atoms with Gasteiger partial charge in [0.05, 0.1) is 17.4 Å². The predicted octanol–water partition coefficient (Wildman–Crippen LogP) is 0.859. The molecule has 5 nitrogen and oxygen atoms in total. The first kappa shape index (κ1) is 12.5. The molecule has 94 valence electrons. The molecule has 0 unspecified atom stereocenters. The summed E-state index contributed by atoms with van der Waals surface area (Å²) in [6, 6.07) is 5.23. The third-order valence-corrected chi connectivity index (χ3v) is 3.18. The number of nitrogens with zero attached hydrogens (tertiary/aromatic N) is 3. The Morgan fingerprint density at radius 3 is 2.72 bits per heavy atom. The summed E-state index contributed by atoms with van der Waals surface area (Å²) in [4.78, 5) is 18.0. The van der Waals surface area contributed by atoms with Crippen LogP contribution in [0, 0.1) is 18.3 Å². The highest BCUT2D eigenvalue weighted by molar-refractivity contribution is 5.92. The maximum atomic E-state index is 12.2. The van der Waals surface area contributed by atoms with Crippen molar-refractivity contribution in [2.24, 2.45) is 0 Å². The quantitative estimate of drug-likeness (QED) is 0.796. The van der Waals surface area contributed by atoms with Gasteiger partial charge in [0.15, 0.2) is 0 Å². The molecular formula is C13H15N3O2. The fourth-order valence-electron chi connectivity index (χ4n) is 2.03. The lowest BCUT2D eigenvalue weighted by molar-refractivity contribution is 0.0541. The van der Waals surface area contributed by atoms with Crippen molar-refractivity contribution in [3.05, 3.63) is 29.1 Å². The Balaban J connectivity index is 2.14. The molecule has 2 rings (SSSR count). The monoisotopic (exact) mass is 245 g/mol. The number of likely N-dealkylation sites (tertiary alicyclic amines) is 1. The molecule has 1 aliphatic heterocycles. The molecule has 18 heavy (non-hydrogen) atoms. The molecule has 1 aromatic rings. The van der Waals surface area contributed by atoms with E-state index in [4.69, 9.17) is 5.26 Å². The molecule has 0 spiro atoms. The first-order valence-corrected chi connectivity index (χ1v) is 5.97. The molecule has 5 heteroatoms. The fraction of sp³-hybridized carbons (Fsp3) is 0.462. The summed E-state index contributed by atoms with van der Waals surface area (Å²) in [6.07, 6.45) is 0.923. The lowest BCUT2D eigenvalue weighted by atomic mass is 10.1. The summed E-state index contributed by atoms with van der Waals surface area (Å²) < 4.78 is 0. The van der Waals surface area contributed by atoms with E-state index in [-0.39, 0.29) is 12.0 Å². The molecule has 0 aromatic carbocycles. The topological polar surface area (TPSA) is 77.2 Å². The van der Waals surface area contributed by atoms with Crippen molar-refractivity contribution >= 4 is 5.91 Å². The lowest BCUT2D eigenvalue weighted by Gasteiger charge is -2.29. The Hall–Kier alpha value is -1.93. The van der Waals surface area contributed by atoms with Gasteiger partial charge in [-0.1, -0.05) is 0 Å². The summed E-state index contributed by atoms with van der Waals surface area (Å²) in [5.74, 6) is -0.130. The molecule has 0 radical (unpaired) electrons. The smallest absolute Gasteiger partial charge is 0.272 e. The number of pyridine rings is 1. The highest BCUT2D eigenvalue weighted by Crippen LogP contribution is 2.14. The van der Waals surface area contributed by atoms with E-state index in [1.807, 2.05) is 6.07 Å². The predicted molar refractivity (Wildman–Crippen MR) is 64.8 cm³/mol. The zero-order valence-corrected chi connectivity index (χ0v) is 10.3. The van der Waals surface area contributed by atoms with Gasteiger partial charge in [-0.05, 0) is 31.9 Å². The molecule has 1 amide bonds. The summed E-state index contributed by atoms with van der Waals surface area (Å²) in [5.41, 5.74) is 1.42. The van der Waals surface area contributed by atoms with Gasteiger partial charge in [-0.2, -0.15) is 5.26 Å². The van der Waals surface area contributed by atoms with Crippen LogP contribution in [-0.4, -0.2) is 40.1 Å². The van der Waals surface area contributed by atoms with Gasteiger partial charge < -0.3 is 10.0 Å². The van der Waals surface area contributed by atoms with E-state index in [0.717, 1.165) is 0 Å². The molecule has 0 saturated carbocycles. The van der Waals surface area contributed by atoms with Crippen molar-refractivity contribution in [3.8, 4) is 6.07 Å². The van der Waals surface area contributed by atoms with Crippen LogP contribution >= 0.6 is 0 Å². The van der Waals surface area contributed by atoms with E-state index in [1.165, 1.54) is 0 Å². The van der Waals surface area contributed by atoms with Gasteiger partial charge in [-0.3, -0.25) is 4.79 Å². The number of carbonyl (C=O) groups excluding carboxylic acids is 1. The van der Waals surface area contributed by atoms with E-state index in [9.17, 15) is 9.90 Å². The first-order valence-electron chi connectivity index (χ1n) is 5.97. The van der Waals surface area contributed by atoms with Gasteiger partial charge in [0.2, 0.25) is 0 Å². The minimum Gasteiger partial charge on any atom is -0.393 e. The van der Waals surface area contributed by atoms with Crippen LogP contribution in [0.15, 0.2) is 12.1 Å². The Labute approximate surface area is 106 Å². The largest absolute Gasteiger partial charge is 0.393 e. The number of aromatic nitrogens is 1. The van der Waals surface area contributed by atoms with Crippen molar-refractivity contribution in [2.45, 2.75) is 25.9 Å². The molecule has 0 bridgehead atoms. The van der Waals surface area contributed by atoms with E-state index in [0.29, 0.717) is 42.9 Å². The summed E-state index contributed by atoms with van der Waals surface area (Å²) in [6.45, 7) is 2.83. The van der Waals surface area contributed by atoms with Crippen molar-refractivity contribution in [3.63, 3.8) is 0 Å².